The minimum absolute atomic E-state index is 0.164. The lowest BCUT2D eigenvalue weighted by Crippen LogP contribution is -2.26. The highest BCUT2D eigenvalue weighted by Crippen LogP contribution is 2.23. The largest absolute Gasteiger partial charge is 0.383 e. The van der Waals surface area contributed by atoms with Crippen molar-refractivity contribution >= 4 is 39.2 Å². The van der Waals surface area contributed by atoms with Gasteiger partial charge in [-0.15, -0.1) is 11.3 Å². The third kappa shape index (κ3) is 3.00. The van der Waals surface area contributed by atoms with Gasteiger partial charge in [0.25, 0.3) is 11.5 Å². The van der Waals surface area contributed by atoms with Gasteiger partial charge in [-0.2, -0.15) is 0 Å². The maximum atomic E-state index is 12.3. The summed E-state index contributed by atoms with van der Waals surface area (Å²) in [7, 11) is 1.59. The lowest BCUT2D eigenvalue weighted by atomic mass is 10.1. The van der Waals surface area contributed by atoms with Crippen molar-refractivity contribution in [1.29, 1.82) is 0 Å². The number of nitrogens with one attached hydrogen (secondary N) is 3. The molecular weight excluding hydrogens is 352 g/mol. The highest BCUT2D eigenvalue weighted by atomic mass is 32.1. The molecule has 3 N–H and O–H groups in total. The van der Waals surface area contributed by atoms with Crippen LogP contribution in [-0.2, 0) is 4.74 Å². The molecule has 1 aromatic carbocycles. The lowest BCUT2D eigenvalue weighted by molar-refractivity contribution is 0.0937. The van der Waals surface area contributed by atoms with E-state index < -0.39 is 0 Å². The number of rotatable bonds is 5. The van der Waals surface area contributed by atoms with Gasteiger partial charge in [0.2, 0.25) is 0 Å². The molecule has 0 atom stereocenters. The summed E-state index contributed by atoms with van der Waals surface area (Å²) in [6, 6.07) is 7.18. The summed E-state index contributed by atoms with van der Waals surface area (Å²) in [5.41, 5.74) is 3.56. The van der Waals surface area contributed by atoms with Crippen LogP contribution in [0.1, 0.15) is 10.4 Å². The van der Waals surface area contributed by atoms with E-state index in [-0.39, 0.29) is 11.5 Å². The number of ether oxygens (including phenoxy) is 1. The lowest BCUT2D eigenvalue weighted by Gasteiger charge is -2.04. The van der Waals surface area contributed by atoms with Crippen LogP contribution in [0.3, 0.4) is 0 Å². The molecule has 3 heterocycles. The zero-order valence-corrected chi connectivity index (χ0v) is 14.8. The Morgan fingerprint density at radius 2 is 2.12 bits per heavy atom. The van der Waals surface area contributed by atoms with Crippen molar-refractivity contribution in [3.05, 3.63) is 50.9 Å². The maximum Gasteiger partial charge on any atom is 0.276 e. The number of nitrogens with zero attached hydrogens (tertiary/aromatic N) is 1. The van der Waals surface area contributed by atoms with Gasteiger partial charge in [-0.25, -0.2) is 4.98 Å². The van der Waals surface area contributed by atoms with Gasteiger partial charge in [0.15, 0.2) is 5.69 Å². The molecule has 8 heteroatoms. The van der Waals surface area contributed by atoms with Crippen molar-refractivity contribution in [2.24, 2.45) is 0 Å². The normalized spacial score (nSPS) is 11.3. The van der Waals surface area contributed by atoms with Crippen LogP contribution in [-0.4, -0.2) is 41.1 Å². The van der Waals surface area contributed by atoms with Crippen LogP contribution in [0.2, 0.25) is 0 Å². The number of benzene rings is 1. The molecular formula is C18H16N4O3S. The number of methoxy groups -OCH3 is 1. The minimum atomic E-state index is -0.250. The Labute approximate surface area is 152 Å². The molecule has 0 aliphatic rings. The average Bonchev–Trinajstić information content (AvgIpc) is 3.26. The number of fused-ring (bicyclic) bond motifs is 2. The Kier molecular flexibility index (Phi) is 4.27. The van der Waals surface area contributed by atoms with Gasteiger partial charge in [-0.1, -0.05) is 0 Å². The molecule has 4 rings (SSSR count). The van der Waals surface area contributed by atoms with Crippen LogP contribution in [0.5, 0.6) is 0 Å². The number of carbonyl (C=O) groups is 1. The number of thiophene rings is 1. The number of carbonyl (C=O) groups excluding carboxylic acids is 1. The Morgan fingerprint density at radius 3 is 2.96 bits per heavy atom. The van der Waals surface area contributed by atoms with Gasteiger partial charge in [0.1, 0.15) is 0 Å². The van der Waals surface area contributed by atoms with E-state index in [1.54, 1.807) is 19.2 Å². The number of hydrogen-bond donors (Lipinski definition) is 3. The van der Waals surface area contributed by atoms with Crippen LogP contribution in [0.15, 0.2) is 39.8 Å². The monoisotopic (exact) mass is 368 g/mol. The smallest absolute Gasteiger partial charge is 0.276 e. The van der Waals surface area contributed by atoms with E-state index in [0.717, 1.165) is 21.9 Å². The molecule has 0 radical (unpaired) electrons. The number of amides is 1. The van der Waals surface area contributed by atoms with Crippen molar-refractivity contribution in [2.45, 2.75) is 0 Å². The predicted molar refractivity (Wildman–Crippen MR) is 102 cm³/mol. The molecule has 3 aromatic heterocycles. The Balaban J connectivity index is 1.70. The minimum Gasteiger partial charge on any atom is -0.383 e. The maximum absolute atomic E-state index is 12.3. The number of hydrogen-bond acceptors (Lipinski definition) is 5. The topological polar surface area (TPSA) is 99.9 Å². The summed E-state index contributed by atoms with van der Waals surface area (Å²) in [6.45, 7) is 0.910. The van der Waals surface area contributed by atoms with Crippen LogP contribution >= 0.6 is 11.3 Å². The molecule has 4 aromatic rings. The van der Waals surface area contributed by atoms with Gasteiger partial charge in [-0.05, 0) is 24.3 Å². The molecule has 0 fully saturated rings. The third-order valence-electron chi connectivity index (χ3n) is 4.07. The van der Waals surface area contributed by atoms with E-state index in [1.165, 1.54) is 11.3 Å². The number of H-pyrrole nitrogens is 2. The Bertz CT molecular complexity index is 1160. The summed E-state index contributed by atoms with van der Waals surface area (Å²) in [5, 5.41) is 7.37. The summed E-state index contributed by atoms with van der Waals surface area (Å²) in [4.78, 5) is 35.0. The molecule has 0 aliphatic heterocycles. The predicted octanol–water partition coefficient (Wildman–Crippen LogP) is 2.51. The quantitative estimate of drug-likeness (QED) is 0.471. The molecule has 1 amide bonds. The molecule has 26 heavy (non-hydrogen) atoms. The first kappa shape index (κ1) is 16.5. The molecule has 132 valence electrons. The van der Waals surface area contributed by atoms with E-state index in [1.807, 2.05) is 22.9 Å². The van der Waals surface area contributed by atoms with Crippen LogP contribution < -0.4 is 10.9 Å². The van der Waals surface area contributed by atoms with E-state index in [4.69, 9.17) is 4.74 Å². The Morgan fingerprint density at radius 1 is 1.23 bits per heavy atom. The van der Waals surface area contributed by atoms with Crippen LogP contribution in [0, 0.1) is 0 Å². The molecule has 0 saturated carbocycles. The fraction of sp³-hybridized carbons (Fsp3) is 0.167. The number of aromatic amines is 2. The first-order chi connectivity index (χ1) is 12.7. The highest BCUT2D eigenvalue weighted by molar-refractivity contribution is 7.09. The molecule has 7 nitrogen and oxygen atoms in total. The van der Waals surface area contributed by atoms with Gasteiger partial charge in [-0.3, -0.25) is 9.59 Å². The van der Waals surface area contributed by atoms with Crippen molar-refractivity contribution < 1.29 is 9.53 Å². The van der Waals surface area contributed by atoms with Crippen molar-refractivity contribution in [2.75, 3.05) is 20.3 Å². The summed E-state index contributed by atoms with van der Waals surface area (Å²) in [5.74, 6) is -0.164. The molecule has 0 unspecified atom stereocenters. The molecule has 0 saturated heterocycles. The zero-order valence-electron chi connectivity index (χ0n) is 14.0. The highest BCUT2D eigenvalue weighted by Gasteiger charge is 2.13. The first-order valence-corrected chi connectivity index (χ1v) is 8.96. The van der Waals surface area contributed by atoms with Crippen molar-refractivity contribution in [3.63, 3.8) is 0 Å². The van der Waals surface area contributed by atoms with E-state index >= 15 is 0 Å². The van der Waals surface area contributed by atoms with E-state index in [2.05, 4.69) is 20.3 Å². The zero-order chi connectivity index (χ0) is 18.1. The average molecular weight is 368 g/mol. The van der Waals surface area contributed by atoms with E-state index in [9.17, 15) is 9.59 Å². The van der Waals surface area contributed by atoms with Gasteiger partial charge < -0.3 is 20.0 Å². The second-order valence-corrected chi connectivity index (χ2v) is 6.56. The third-order valence-corrected chi connectivity index (χ3v) is 4.80. The molecule has 0 aliphatic carbocycles. The summed E-state index contributed by atoms with van der Waals surface area (Å²) in [6.07, 6.45) is 0. The van der Waals surface area contributed by atoms with Gasteiger partial charge in [0, 0.05) is 40.9 Å². The van der Waals surface area contributed by atoms with E-state index in [0.29, 0.717) is 30.1 Å². The SMILES string of the molecule is COCCNC(=O)c1ccc2[nH]c(-c3nc4cscc4[nH]c3=O)cc2c1. The number of aromatic nitrogens is 3. The fourth-order valence-electron chi connectivity index (χ4n) is 2.78. The standard InChI is InChI=1S/C18H16N4O3S/c1-25-5-4-19-17(23)10-2-3-12-11(6-10)7-13(20-12)16-18(24)22-15-9-26-8-14(15)21-16/h2-3,6-9,20H,4-5H2,1H3,(H,19,23)(H,22,24). The second-order valence-electron chi connectivity index (χ2n) is 5.82. The second kappa shape index (κ2) is 6.74. The first-order valence-electron chi connectivity index (χ1n) is 8.02. The van der Waals surface area contributed by atoms with Crippen molar-refractivity contribution in [1.82, 2.24) is 20.3 Å². The fourth-order valence-corrected chi connectivity index (χ4v) is 3.47. The molecule has 0 spiro atoms. The molecule has 0 bridgehead atoms. The van der Waals surface area contributed by atoms with Gasteiger partial charge in [0.05, 0.1) is 23.3 Å². The van der Waals surface area contributed by atoms with Gasteiger partial charge >= 0.3 is 0 Å². The van der Waals surface area contributed by atoms with Crippen LogP contribution in [0.25, 0.3) is 33.3 Å². The summed E-state index contributed by atoms with van der Waals surface area (Å²) < 4.78 is 4.93. The van der Waals surface area contributed by atoms with Crippen LogP contribution in [0.4, 0.5) is 0 Å². The van der Waals surface area contributed by atoms with Crippen molar-refractivity contribution in [3.8, 4) is 11.4 Å². The Hall–Kier alpha value is -2.97. The summed E-state index contributed by atoms with van der Waals surface area (Å²) >= 11 is 1.49.